The summed E-state index contributed by atoms with van der Waals surface area (Å²) in [4.78, 5) is 6.96. The first kappa shape index (κ1) is 10.9. The molecule has 82 valence electrons. The Balaban J connectivity index is 2.24. The number of aromatic nitrogens is 1. The van der Waals surface area contributed by atoms with Gasteiger partial charge in [0.15, 0.2) is 0 Å². The summed E-state index contributed by atoms with van der Waals surface area (Å²) in [5.74, 6) is 1.09. The number of nitrogens with one attached hydrogen (secondary N) is 1. The van der Waals surface area contributed by atoms with E-state index in [0.717, 1.165) is 35.6 Å². The van der Waals surface area contributed by atoms with E-state index < -0.39 is 0 Å². The summed E-state index contributed by atoms with van der Waals surface area (Å²) in [7, 11) is 0. The Morgan fingerprint density at radius 2 is 2.33 bits per heavy atom. The minimum Gasteiger partial charge on any atom is -0.351 e. The SMILES string of the molecule is Cc1nc(N2CCNCC2C)ccc1Br. The molecule has 1 aromatic rings. The number of aryl methyl sites for hydroxylation is 1. The van der Waals surface area contributed by atoms with Crippen molar-refractivity contribution in [1.82, 2.24) is 10.3 Å². The van der Waals surface area contributed by atoms with Crippen LogP contribution in [-0.4, -0.2) is 30.7 Å². The molecule has 1 N–H and O–H groups in total. The van der Waals surface area contributed by atoms with Crippen LogP contribution in [-0.2, 0) is 0 Å². The van der Waals surface area contributed by atoms with Crippen molar-refractivity contribution in [2.45, 2.75) is 19.9 Å². The van der Waals surface area contributed by atoms with Crippen molar-refractivity contribution in [2.24, 2.45) is 0 Å². The number of piperazine rings is 1. The Hall–Kier alpha value is -0.610. The van der Waals surface area contributed by atoms with E-state index in [1.165, 1.54) is 0 Å². The van der Waals surface area contributed by atoms with Crippen LogP contribution in [0, 0.1) is 6.92 Å². The van der Waals surface area contributed by atoms with Crippen LogP contribution in [0.25, 0.3) is 0 Å². The maximum absolute atomic E-state index is 4.60. The fourth-order valence-electron chi connectivity index (χ4n) is 1.87. The Labute approximate surface area is 99.0 Å². The third-order valence-corrected chi connectivity index (χ3v) is 3.64. The Morgan fingerprint density at radius 3 is 3.00 bits per heavy atom. The molecule has 1 atom stereocenters. The number of rotatable bonds is 1. The lowest BCUT2D eigenvalue weighted by Gasteiger charge is -2.35. The van der Waals surface area contributed by atoms with Crippen LogP contribution in [0.3, 0.4) is 0 Å². The molecule has 1 unspecified atom stereocenters. The van der Waals surface area contributed by atoms with Gasteiger partial charge in [-0.15, -0.1) is 0 Å². The smallest absolute Gasteiger partial charge is 0.129 e. The standard InChI is InChI=1S/C11H16BrN3/c1-8-7-13-5-6-15(8)11-4-3-10(12)9(2)14-11/h3-4,8,13H,5-7H2,1-2H3. The molecule has 0 aromatic carbocycles. The quantitative estimate of drug-likeness (QED) is 0.845. The lowest BCUT2D eigenvalue weighted by molar-refractivity contribution is 0.497. The Kier molecular flexibility index (Phi) is 3.26. The number of pyridine rings is 1. The molecule has 1 aliphatic rings. The molecule has 0 spiro atoms. The second kappa shape index (κ2) is 4.49. The van der Waals surface area contributed by atoms with Crippen LogP contribution >= 0.6 is 15.9 Å². The molecule has 0 radical (unpaired) electrons. The van der Waals surface area contributed by atoms with Gasteiger partial charge in [0.1, 0.15) is 5.82 Å². The molecule has 1 aromatic heterocycles. The summed E-state index contributed by atoms with van der Waals surface area (Å²) in [6.45, 7) is 7.37. The summed E-state index contributed by atoms with van der Waals surface area (Å²) in [5.41, 5.74) is 1.05. The normalized spacial score (nSPS) is 21.8. The fraction of sp³-hybridized carbons (Fsp3) is 0.545. The van der Waals surface area contributed by atoms with E-state index in [-0.39, 0.29) is 0 Å². The van der Waals surface area contributed by atoms with E-state index in [0.29, 0.717) is 6.04 Å². The van der Waals surface area contributed by atoms with Crippen LogP contribution in [0.5, 0.6) is 0 Å². The zero-order valence-corrected chi connectivity index (χ0v) is 10.7. The molecule has 2 heterocycles. The lowest BCUT2D eigenvalue weighted by atomic mass is 10.2. The first-order valence-corrected chi connectivity index (χ1v) is 6.08. The topological polar surface area (TPSA) is 28.2 Å². The van der Waals surface area contributed by atoms with E-state index in [1.807, 2.05) is 6.92 Å². The van der Waals surface area contributed by atoms with Gasteiger partial charge in [0, 0.05) is 30.1 Å². The van der Waals surface area contributed by atoms with Gasteiger partial charge in [0.2, 0.25) is 0 Å². The van der Waals surface area contributed by atoms with Crippen LogP contribution in [0.1, 0.15) is 12.6 Å². The minimum atomic E-state index is 0.520. The molecule has 4 heteroatoms. The lowest BCUT2D eigenvalue weighted by Crippen LogP contribution is -2.50. The van der Waals surface area contributed by atoms with Gasteiger partial charge in [-0.2, -0.15) is 0 Å². The molecule has 1 aliphatic heterocycles. The third-order valence-electron chi connectivity index (χ3n) is 2.80. The molecular weight excluding hydrogens is 254 g/mol. The van der Waals surface area contributed by atoms with E-state index in [2.05, 4.69) is 50.2 Å². The predicted octanol–water partition coefficient (Wildman–Crippen LogP) is 1.95. The highest BCUT2D eigenvalue weighted by Gasteiger charge is 2.19. The molecule has 0 amide bonds. The largest absolute Gasteiger partial charge is 0.351 e. The molecule has 0 bridgehead atoms. The van der Waals surface area contributed by atoms with Gasteiger partial charge in [-0.3, -0.25) is 0 Å². The molecule has 1 saturated heterocycles. The second-order valence-corrected chi connectivity index (χ2v) is 4.84. The average molecular weight is 270 g/mol. The Morgan fingerprint density at radius 1 is 1.53 bits per heavy atom. The highest BCUT2D eigenvalue weighted by Crippen LogP contribution is 2.21. The van der Waals surface area contributed by atoms with Crippen LogP contribution in [0.2, 0.25) is 0 Å². The zero-order valence-electron chi connectivity index (χ0n) is 9.13. The summed E-state index contributed by atoms with van der Waals surface area (Å²) in [5, 5.41) is 3.38. The van der Waals surface area contributed by atoms with Gasteiger partial charge < -0.3 is 10.2 Å². The molecule has 2 rings (SSSR count). The zero-order chi connectivity index (χ0) is 10.8. The third kappa shape index (κ3) is 2.32. The van der Waals surface area contributed by atoms with Crippen molar-refractivity contribution in [1.29, 1.82) is 0 Å². The van der Waals surface area contributed by atoms with Crippen molar-refractivity contribution in [2.75, 3.05) is 24.5 Å². The van der Waals surface area contributed by atoms with Crippen molar-refractivity contribution < 1.29 is 0 Å². The summed E-state index contributed by atoms with van der Waals surface area (Å²) in [6, 6.07) is 4.68. The van der Waals surface area contributed by atoms with E-state index in [1.54, 1.807) is 0 Å². The molecule has 3 nitrogen and oxygen atoms in total. The van der Waals surface area contributed by atoms with Gasteiger partial charge in [0.25, 0.3) is 0 Å². The van der Waals surface area contributed by atoms with E-state index in [9.17, 15) is 0 Å². The summed E-state index contributed by atoms with van der Waals surface area (Å²) >= 11 is 3.48. The molecule has 15 heavy (non-hydrogen) atoms. The van der Waals surface area contributed by atoms with Crippen molar-refractivity contribution >= 4 is 21.7 Å². The first-order chi connectivity index (χ1) is 7.18. The molecular formula is C11H16BrN3. The number of anilines is 1. The van der Waals surface area contributed by atoms with Gasteiger partial charge in [-0.1, -0.05) is 0 Å². The minimum absolute atomic E-state index is 0.520. The van der Waals surface area contributed by atoms with Crippen LogP contribution in [0.4, 0.5) is 5.82 Å². The Bertz CT molecular complexity index is 354. The molecule has 0 saturated carbocycles. The number of hydrogen-bond donors (Lipinski definition) is 1. The van der Waals surface area contributed by atoms with Crippen molar-refractivity contribution in [3.05, 3.63) is 22.3 Å². The van der Waals surface area contributed by atoms with Gasteiger partial charge in [-0.05, 0) is 41.9 Å². The van der Waals surface area contributed by atoms with Crippen molar-refractivity contribution in [3.8, 4) is 0 Å². The maximum Gasteiger partial charge on any atom is 0.129 e. The second-order valence-electron chi connectivity index (χ2n) is 3.98. The van der Waals surface area contributed by atoms with Crippen LogP contribution < -0.4 is 10.2 Å². The number of hydrogen-bond acceptors (Lipinski definition) is 3. The van der Waals surface area contributed by atoms with Crippen molar-refractivity contribution in [3.63, 3.8) is 0 Å². The van der Waals surface area contributed by atoms with Gasteiger partial charge in [0.05, 0.1) is 5.69 Å². The predicted molar refractivity (Wildman–Crippen MR) is 66.4 cm³/mol. The van der Waals surface area contributed by atoms with Gasteiger partial charge in [-0.25, -0.2) is 4.98 Å². The molecule has 1 fully saturated rings. The first-order valence-electron chi connectivity index (χ1n) is 5.29. The maximum atomic E-state index is 4.60. The van der Waals surface area contributed by atoms with E-state index >= 15 is 0 Å². The van der Waals surface area contributed by atoms with E-state index in [4.69, 9.17) is 0 Å². The highest BCUT2D eigenvalue weighted by atomic mass is 79.9. The summed E-state index contributed by atoms with van der Waals surface area (Å²) < 4.78 is 1.08. The summed E-state index contributed by atoms with van der Waals surface area (Å²) in [6.07, 6.45) is 0. The van der Waals surface area contributed by atoms with Gasteiger partial charge >= 0.3 is 0 Å². The van der Waals surface area contributed by atoms with Crippen LogP contribution in [0.15, 0.2) is 16.6 Å². The number of halogens is 1. The molecule has 0 aliphatic carbocycles. The fourth-order valence-corrected chi connectivity index (χ4v) is 2.09. The average Bonchev–Trinajstić information content (AvgIpc) is 2.23. The monoisotopic (exact) mass is 269 g/mol. The highest BCUT2D eigenvalue weighted by molar-refractivity contribution is 9.10. The number of nitrogens with zero attached hydrogens (tertiary/aromatic N) is 2.